The fraction of sp³-hybridized carbons (Fsp3) is 0.200. The lowest BCUT2D eigenvalue weighted by Gasteiger charge is -2.08. The van der Waals surface area contributed by atoms with E-state index in [0.717, 1.165) is 12.8 Å². The van der Waals surface area contributed by atoms with Crippen LogP contribution in [0.25, 0.3) is 27.6 Å². The van der Waals surface area contributed by atoms with Gasteiger partial charge in [0.25, 0.3) is 0 Å². The highest BCUT2D eigenvalue weighted by molar-refractivity contribution is 6.22. The molecule has 1 atom stereocenters. The van der Waals surface area contributed by atoms with Crippen molar-refractivity contribution in [1.29, 1.82) is 0 Å². The molecular weight excluding hydrogens is 276 g/mol. The lowest BCUT2D eigenvalue weighted by molar-refractivity contribution is 0.823. The lowest BCUT2D eigenvalue weighted by Crippen LogP contribution is -1.91. The Balaban J connectivity index is 2.16. The average molecular weight is 295 g/mol. The van der Waals surface area contributed by atoms with E-state index in [2.05, 4.69) is 73.7 Å². The molecule has 0 N–H and O–H groups in total. The Bertz CT molecular complexity index is 786. The summed E-state index contributed by atoms with van der Waals surface area (Å²) in [6.07, 6.45) is 6.41. The van der Waals surface area contributed by atoms with Gasteiger partial charge >= 0.3 is 0 Å². The van der Waals surface area contributed by atoms with Crippen molar-refractivity contribution in [2.75, 3.05) is 0 Å². The molecule has 0 radical (unpaired) electrons. The van der Waals surface area contributed by atoms with Crippen molar-refractivity contribution in [1.82, 2.24) is 0 Å². The van der Waals surface area contributed by atoms with Gasteiger partial charge in [0.05, 0.1) is 5.38 Å². The predicted octanol–water partition coefficient (Wildman–Crippen LogP) is 6.41. The Morgan fingerprint density at radius 1 is 0.952 bits per heavy atom. The van der Waals surface area contributed by atoms with E-state index in [4.69, 9.17) is 11.6 Å². The van der Waals surface area contributed by atoms with Crippen LogP contribution in [-0.4, -0.2) is 5.38 Å². The highest BCUT2D eigenvalue weighted by Crippen LogP contribution is 2.29. The van der Waals surface area contributed by atoms with E-state index in [1.807, 2.05) is 0 Å². The molecule has 0 aliphatic rings. The van der Waals surface area contributed by atoms with Crippen LogP contribution in [0.1, 0.15) is 25.3 Å². The highest BCUT2D eigenvalue weighted by Gasteiger charge is 2.04. The SMILES string of the molecule is CCCC(Cl)/C=C/c1cc2ccccc2c2ccccc12. The van der Waals surface area contributed by atoms with E-state index < -0.39 is 0 Å². The van der Waals surface area contributed by atoms with Crippen molar-refractivity contribution in [3.05, 3.63) is 66.2 Å². The molecule has 0 aromatic heterocycles. The minimum absolute atomic E-state index is 0.111. The van der Waals surface area contributed by atoms with Crippen LogP contribution in [-0.2, 0) is 0 Å². The Hall–Kier alpha value is -1.79. The van der Waals surface area contributed by atoms with Crippen LogP contribution in [0.3, 0.4) is 0 Å². The van der Waals surface area contributed by atoms with E-state index >= 15 is 0 Å². The first-order chi connectivity index (χ1) is 10.3. The van der Waals surface area contributed by atoms with E-state index in [-0.39, 0.29) is 5.38 Å². The number of benzene rings is 3. The molecule has 0 spiro atoms. The van der Waals surface area contributed by atoms with Gasteiger partial charge in [0, 0.05) is 0 Å². The number of halogens is 1. The Labute approximate surface area is 131 Å². The lowest BCUT2D eigenvalue weighted by atomic mass is 9.97. The largest absolute Gasteiger partial charge is 0.118 e. The molecule has 1 unspecified atom stereocenters. The predicted molar refractivity (Wildman–Crippen MR) is 95.0 cm³/mol. The molecule has 3 rings (SSSR count). The monoisotopic (exact) mass is 294 g/mol. The maximum atomic E-state index is 6.31. The molecule has 0 saturated carbocycles. The van der Waals surface area contributed by atoms with E-state index in [9.17, 15) is 0 Å². The Morgan fingerprint density at radius 3 is 2.38 bits per heavy atom. The van der Waals surface area contributed by atoms with E-state index in [1.54, 1.807) is 0 Å². The Kier molecular flexibility index (Phi) is 4.26. The molecule has 21 heavy (non-hydrogen) atoms. The number of alkyl halides is 1. The fourth-order valence-electron chi connectivity index (χ4n) is 2.80. The third kappa shape index (κ3) is 2.96. The molecule has 0 heterocycles. The summed E-state index contributed by atoms with van der Waals surface area (Å²) in [6, 6.07) is 19.4. The van der Waals surface area contributed by atoms with Gasteiger partial charge in [-0.2, -0.15) is 0 Å². The molecule has 0 nitrogen and oxygen atoms in total. The van der Waals surface area contributed by atoms with Crippen molar-refractivity contribution in [2.24, 2.45) is 0 Å². The highest BCUT2D eigenvalue weighted by atomic mass is 35.5. The zero-order valence-corrected chi connectivity index (χ0v) is 13.0. The number of hydrogen-bond acceptors (Lipinski definition) is 0. The summed E-state index contributed by atoms with van der Waals surface area (Å²) in [5.41, 5.74) is 1.24. The number of rotatable bonds is 4. The van der Waals surface area contributed by atoms with Gasteiger partial charge in [-0.05, 0) is 39.6 Å². The summed E-state index contributed by atoms with van der Waals surface area (Å²) >= 11 is 6.31. The van der Waals surface area contributed by atoms with Crippen LogP contribution in [0, 0.1) is 0 Å². The van der Waals surface area contributed by atoms with Crippen LogP contribution in [0.4, 0.5) is 0 Å². The van der Waals surface area contributed by atoms with Gasteiger partial charge in [-0.1, -0.05) is 74.0 Å². The second-order valence-electron chi connectivity index (χ2n) is 5.40. The van der Waals surface area contributed by atoms with Gasteiger partial charge < -0.3 is 0 Å². The molecule has 0 saturated heterocycles. The smallest absolute Gasteiger partial charge is 0.0519 e. The van der Waals surface area contributed by atoms with Crippen molar-refractivity contribution in [3.63, 3.8) is 0 Å². The van der Waals surface area contributed by atoms with Crippen molar-refractivity contribution in [2.45, 2.75) is 25.1 Å². The standard InChI is InChI=1S/C20H19Cl/c1-2-7-17(21)13-12-16-14-15-8-3-4-9-18(15)20-11-6-5-10-19(16)20/h3-6,8-14,17H,2,7H2,1H3/b13-12+. The topological polar surface area (TPSA) is 0 Å². The molecule has 3 aromatic rings. The van der Waals surface area contributed by atoms with Gasteiger partial charge in [-0.3, -0.25) is 0 Å². The first kappa shape index (κ1) is 14.2. The third-order valence-corrected chi connectivity index (χ3v) is 4.21. The quantitative estimate of drug-likeness (QED) is 0.385. The van der Waals surface area contributed by atoms with Crippen LogP contribution in [0.15, 0.2) is 60.7 Å². The van der Waals surface area contributed by atoms with Gasteiger partial charge in [0.15, 0.2) is 0 Å². The number of fused-ring (bicyclic) bond motifs is 3. The summed E-state index contributed by atoms with van der Waals surface area (Å²) in [5.74, 6) is 0. The molecule has 0 aliphatic carbocycles. The maximum Gasteiger partial charge on any atom is 0.0519 e. The fourth-order valence-corrected chi connectivity index (χ4v) is 3.09. The summed E-state index contributed by atoms with van der Waals surface area (Å²) in [6.45, 7) is 2.16. The second kappa shape index (κ2) is 6.32. The number of allylic oxidation sites excluding steroid dienone is 1. The van der Waals surface area contributed by atoms with Crippen LogP contribution < -0.4 is 0 Å². The zero-order valence-electron chi connectivity index (χ0n) is 12.2. The van der Waals surface area contributed by atoms with Gasteiger partial charge in [-0.25, -0.2) is 0 Å². The van der Waals surface area contributed by atoms with Crippen LogP contribution in [0.2, 0.25) is 0 Å². The second-order valence-corrected chi connectivity index (χ2v) is 5.96. The Morgan fingerprint density at radius 2 is 1.62 bits per heavy atom. The minimum atomic E-state index is 0.111. The van der Waals surface area contributed by atoms with Crippen molar-refractivity contribution < 1.29 is 0 Å². The first-order valence-corrected chi connectivity index (χ1v) is 7.96. The summed E-state index contributed by atoms with van der Waals surface area (Å²) in [4.78, 5) is 0. The minimum Gasteiger partial charge on any atom is -0.118 e. The summed E-state index contributed by atoms with van der Waals surface area (Å²) < 4.78 is 0. The summed E-state index contributed by atoms with van der Waals surface area (Å²) in [7, 11) is 0. The zero-order chi connectivity index (χ0) is 14.7. The molecule has 0 bridgehead atoms. The molecular formula is C20H19Cl. The molecule has 3 aromatic carbocycles. The first-order valence-electron chi connectivity index (χ1n) is 7.52. The molecule has 0 amide bonds. The molecule has 1 heteroatoms. The normalized spacial score (nSPS) is 13.2. The third-order valence-electron chi connectivity index (χ3n) is 3.85. The van der Waals surface area contributed by atoms with Crippen LogP contribution in [0.5, 0.6) is 0 Å². The van der Waals surface area contributed by atoms with Gasteiger partial charge in [-0.15, -0.1) is 11.6 Å². The van der Waals surface area contributed by atoms with Crippen LogP contribution >= 0.6 is 11.6 Å². The van der Waals surface area contributed by atoms with E-state index in [1.165, 1.54) is 27.1 Å². The molecule has 106 valence electrons. The van der Waals surface area contributed by atoms with Crippen molar-refractivity contribution in [3.8, 4) is 0 Å². The van der Waals surface area contributed by atoms with Gasteiger partial charge in [0.2, 0.25) is 0 Å². The van der Waals surface area contributed by atoms with Gasteiger partial charge in [0.1, 0.15) is 0 Å². The van der Waals surface area contributed by atoms with Crippen molar-refractivity contribution >= 4 is 39.2 Å². The maximum absolute atomic E-state index is 6.31. The molecule has 0 fully saturated rings. The van der Waals surface area contributed by atoms with E-state index in [0.29, 0.717) is 0 Å². The number of hydrogen-bond donors (Lipinski definition) is 0. The molecule has 0 aliphatic heterocycles. The summed E-state index contributed by atoms with van der Waals surface area (Å²) in [5, 5.41) is 5.28. The average Bonchev–Trinajstić information content (AvgIpc) is 2.53.